The lowest BCUT2D eigenvalue weighted by molar-refractivity contribution is -0.144. The molecule has 0 aliphatic carbocycles. The van der Waals surface area contributed by atoms with E-state index in [1.54, 1.807) is 6.07 Å². The van der Waals surface area contributed by atoms with Crippen molar-refractivity contribution in [1.82, 2.24) is 4.72 Å². The van der Waals surface area contributed by atoms with Gasteiger partial charge < -0.3 is 9.84 Å². The van der Waals surface area contributed by atoms with E-state index < -0.39 is 21.5 Å². The molecule has 7 nitrogen and oxygen atoms in total. The van der Waals surface area contributed by atoms with E-state index in [4.69, 9.17) is 10.00 Å². The zero-order valence-corrected chi connectivity index (χ0v) is 11.2. The molecule has 8 heteroatoms. The molecule has 2 N–H and O–H groups in total. The van der Waals surface area contributed by atoms with Gasteiger partial charge in [-0.05, 0) is 12.1 Å². The SMILES string of the molecule is N#Cc1ccccc1S(=O)(=O)NC1(C(=O)O)CCOC1. The van der Waals surface area contributed by atoms with Crippen molar-refractivity contribution in [2.24, 2.45) is 0 Å². The van der Waals surface area contributed by atoms with E-state index in [9.17, 15) is 18.3 Å². The van der Waals surface area contributed by atoms with Crippen molar-refractivity contribution in [3.8, 4) is 6.07 Å². The number of carbonyl (C=O) groups is 1. The minimum Gasteiger partial charge on any atom is -0.480 e. The van der Waals surface area contributed by atoms with Crippen LogP contribution in [0.25, 0.3) is 0 Å². The maximum absolute atomic E-state index is 12.3. The summed E-state index contributed by atoms with van der Waals surface area (Å²) in [7, 11) is -4.12. The highest BCUT2D eigenvalue weighted by Gasteiger charge is 2.46. The Kier molecular flexibility index (Phi) is 3.76. The van der Waals surface area contributed by atoms with Crippen LogP contribution in [0.5, 0.6) is 0 Å². The molecule has 0 aromatic heterocycles. The number of nitriles is 1. The van der Waals surface area contributed by atoms with Crippen molar-refractivity contribution < 1.29 is 23.1 Å². The maximum atomic E-state index is 12.3. The second-order valence-electron chi connectivity index (χ2n) is 4.40. The number of carboxylic acid groups (broad SMARTS) is 1. The molecule has 1 heterocycles. The lowest BCUT2D eigenvalue weighted by Crippen LogP contribution is -2.55. The van der Waals surface area contributed by atoms with E-state index >= 15 is 0 Å². The van der Waals surface area contributed by atoms with E-state index in [0.717, 1.165) is 0 Å². The summed E-state index contributed by atoms with van der Waals surface area (Å²) in [5.41, 5.74) is -1.72. The summed E-state index contributed by atoms with van der Waals surface area (Å²) in [4.78, 5) is 11.1. The Balaban J connectivity index is 2.41. The third-order valence-electron chi connectivity index (χ3n) is 3.06. The van der Waals surface area contributed by atoms with Gasteiger partial charge in [0.25, 0.3) is 0 Å². The first-order valence-electron chi connectivity index (χ1n) is 5.75. The van der Waals surface area contributed by atoms with Gasteiger partial charge in [-0.3, -0.25) is 4.79 Å². The predicted molar refractivity (Wildman–Crippen MR) is 67.3 cm³/mol. The highest BCUT2D eigenvalue weighted by atomic mass is 32.2. The third-order valence-corrected chi connectivity index (χ3v) is 4.65. The Morgan fingerprint density at radius 1 is 1.45 bits per heavy atom. The number of benzene rings is 1. The molecule has 1 saturated heterocycles. The fourth-order valence-corrected chi connectivity index (χ4v) is 3.50. The molecule has 0 amide bonds. The highest BCUT2D eigenvalue weighted by Crippen LogP contribution is 2.23. The first-order chi connectivity index (χ1) is 9.41. The average molecular weight is 296 g/mol. The normalized spacial score (nSPS) is 22.4. The minimum atomic E-state index is -4.12. The van der Waals surface area contributed by atoms with Crippen molar-refractivity contribution in [1.29, 1.82) is 5.26 Å². The summed E-state index contributed by atoms with van der Waals surface area (Å²) < 4.78 is 31.7. The molecule has 1 aliphatic heterocycles. The van der Waals surface area contributed by atoms with Crippen LogP contribution in [0.3, 0.4) is 0 Å². The Hall–Kier alpha value is -1.95. The average Bonchev–Trinajstić information content (AvgIpc) is 2.88. The van der Waals surface area contributed by atoms with Gasteiger partial charge in [0.05, 0.1) is 17.1 Å². The molecular formula is C12H12N2O5S. The molecule has 0 bridgehead atoms. The lowest BCUT2D eigenvalue weighted by atomic mass is 10.0. The number of carboxylic acids is 1. The predicted octanol–water partition coefficient (Wildman–Crippen LogP) is 0.0803. The summed E-state index contributed by atoms with van der Waals surface area (Å²) in [5, 5.41) is 18.2. The fraction of sp³-hybridized carbons (Fsp3) is 0.333. The molecule has 0 saturated carbocycles. The number of nitrogens with zero attached hydrogens (tertiary/aromatic N) is 1. The summed E-state index contributed by atoms with van der Waals surface area (Å²) in [6, 6.07) is 7.38. The molecule has 0 radical (unpaired) electrons. The van der Waals surface area contributed by atoms with Gasteiger partial charge >= 0.3 is 5.97 Å². The second-order valence-corrected chi connectivity index (χ2v) is 6.05. The molecule has 1 aromatic rings. The smallest absolute Gasteiger partial charge is 0.327 e. The molecule has 2 rings (SSSR count). The van der Waals surface area contributed by atoms with Crippen molar-refractivity contribution in [3.05, 3.63) is 29.8 Å². The topological polar surface area (TPSA) is 116 Å². The molecule has 106 valence electrons. The van der Waals surface area contributed by atoms with Crippen LogP contribution in [0.4, 0.5) is 0 Å². The third kappa shape index (κ3) is 2.51. The van der Waals surface area contributed by atoms with Crippen LogP contribution < -0.4 is 4.72 Å². The van der Waals surface area contributed by atoms with Crippen LogP contribution in [0.15, 0.2) is 29.2 Å². The van der Waals surface area contributed by atoms with Gasteiger partial charge in [-0.2, -0.15) is 9.98 Å². The molecule has 0 spiro atoms. The second kappa shape index (κ2) is 5.20. The van der Waals surface area contributed by atoms with Gasteiger partial charge in [-0.25, -0.2) is 8.42 Å². The van der Waals surface area contributed by atoms with E-state index in [1.165, 1.54) is 24.3 Å². The van der Waals surface area contributed by atoms with Gasteiger partial charge in [-0.15, -0.1) is 0 Å². The standard InChI is InChI=1S/C12H12N2O5S/c13-7-9-3-1-2-4-10(9)20(17,18)14-12(11(15)16)5-6-19-8-12/h1-4,14H,5-6,8H2,(H,15,16). The maximum Gasteiger partial charge on any atom is 0.327 e. The van der Waals surface area contributed by atoms with Crippen LogP contribution in [-0.2, 0) is 19.6 Å². The van der Waals surface area contributed by atoms with Crippen LogP contribution in [0.1, 0.15) is 12.0 Å². The summed E-state index contributed by atoms with van der Waals surface area (Å²) in [6.07, 6.45) is 0.0380. The molecule has 1 aliphatic rings. The highest BCUT2D eigenvalue weighted by molar-refractivity contribution is 7.89. The van der Waals surface area contributed by atoms with E-state index in [1.807, 2.05) is 0 Å². The summed E-state index contributed by atoms with van der Waals surface area (Å²) in [6.45, 7) is -0.0784. The number of aliphatic carboxylic acids is 1. The minimum absolute atomic E-state index is 0.0380. The molecule has 20 heavy (non-hydrogen) atoms. The number of rotatable bonds is 4. The summed E-state index contributed by atoms with van der Waals surface area (Å²) in [5.74, 6) is -1.30. The quantitative estimate of drug-likeness (QED) is 0.812. The lowest BCUT2D eigenvalue weighted by Gasteiger charge is -2.23. The van der Waals surface area contributed by atoms with Crippen LogP contribution in [-0.4, -0.2) is 38.2 Å². The molecule has 1 unspecified atom stereocenters. The van der Waals surface area contributed by atoms with E-state index in [0.29, 0.717) is 0 Å². The Labute approximate surface area is 115 Å². The van der Waals surface area contributed by atoms with Gasteiger partial charge in [0.1, 0.15) is 6.07 Å². The van der Waals surface area contributed by atoms with E-state index in [2.05, 4.69) is 4.72 Å². The largest absolute Gasteiger partial charge is 0.480 e. The monoisotopic (exact) mass is 296 g/mol. The molecule has 1 fully saturated rings. The van der Waals surface area contributed by atoms with Crippen LogP contribution >= 0.6 is 0 Å². The van der Waals surface area contributed by atoms with Crippen molar-refractivity contribution in [2.75, 3.05) is 13.2 Å². The zero-order valence-electron chi connectivity index (χ0n) is 10.4. The van der Waals surface area contributed by atoms with Crippen LogP contribution in [0, 0.1) is 11.3 Å². The van der Waals surface area contributed by atoms with Gasteiger partial charge in [-0.1, -0.05) is 12.1 Å². The first kappa shape index (κ1) is 14.5. The summed E-state index contributed by atoms with van der Waals surface area (Å²) >= 11 is 0. The zero-order chi connectivity index (χ0) is 14.8. The number of ether oxygens (including phenoxy) is 1. The number of hydrogen-bond donors (Lipinski definition) is 2. The molecular weight excluding hydrogens is 284 g/mol. The van der Waals surface area contributed by atoms with Crippen molar-refractivity contribution in [2.45, 2.75) is 16.9 Å². The fourth-order valence-electron chi connectivity index (χ4n) is 1.96. The van der Waals surface area contributed by atoms with Gasteiger partial charge in [0.15, 0.2) is 5.54 Å². The Bertz CT molecular complexity index is 671. The van der Waals surface area contributed by atoms with Crippen LogP contribution in [0.2, 0.25) is 0 Å². The Morgan fingerprint density at radius 2 is 2.15 bits per heavy atom. The number of hydrogen-bond acceptors (Lipinski definition) is 5. The van der Waals surface area contributed by atoms with Gasteiger partial charge in [0.2, 0.25) is 10.0 Å². The molecule has 1 atom stereocenters. The number of sulfonamides is 1. The number of nitrogens with one attached hydrogen (secondary N) is 1. The van der Waals surface area contributed by atoms with Crippen molar-refractivity contribution in [3.63, 3.8) is 0 Å². The van der Waals surface area contributed by atoms with Gasteiger partial charge in [0, 0.05) is 13.0 Å². The Morgan fingerprint density at radius 3 is 2.70 bits per heavy atom. The van der Waals surface area contributed by atoms with E-state index in [-0.39, 0.29) is 30.1 Å². The first-order valence-corrected chi connectivity index (χ1v) is 7.24. The molecule has 1 aromatic carbocycles. The van der Waals surface area contributed by atoms with Crippen molar-refractivity contribution >= 4 is 16.0 Å².